The van der Waals surface area contributed by atoms with Crippen molar-refractivity contribution in [2.45, 2.75) is 167 Å². The fraction of sp³-hybridized carbons (Fsp3) is 0.714. The normalized spacial score (nSPS) is 14.6. The van der Waals surface area contributed by atoms with E-state index in [2.05, 4.69) is 74.6 Å². The van der Waals surface area contributed by atoms with Crippen molar-refractivity contribution in [1.82, 2.24) is 0 Å². The minimum absolute atomic E-state index is 0.161. The Kier molecular flexibility index (Phi) is 36.3. The van der Waals surface area contributed by atoms with Crippen molar-refractivity contribution in [2.24, 2.45) is 0 Å². The Labute approximate surface area is 321 Å². The number of hydrogen-bond donors (Lipinski definition) is 3. The zero-order chi connectivity index (χ0) is 39.1. The molecule has 0 saturated heterocycles. The number of unbranched alkanes of at least 4 members (excludes halogenated alkanes) is 13. The molecule has 0 aliphatic carbocycles. The molecule has 0 amide bonds. The van der Waals surface area contributed by atoms with Crippen LogP contribution in [0.15, 0.2) is 60.8 Å². The Hall–Kier alpha value is -2.33. The molecule has 0 aromatic heterocycles. The maximum Gasteiger partial charge on any atom is 0.472 e. The molecule has 0 saturated carbocycles. The van der Waals surface area contributed by atoms with Crippen LogP contribution in [0.5, 0.6) is 0 Å². The second-order valence-corrected chi connectivity index (χ2v) is 14.7. The standard InChI is InChI=1S/C42H73O10P/c1-3-5-7-9-11-13-15-17-18-19-20-22-24-26-28-30-32-34-42(46)52-40(36-44)38-50-53(47,48)49-37-39(35-43)51-41(45)33-31-29-27-25-23-21-16-14-12-10-8-6-4-2/h5,7,11,13-14,16-18,20,22,39-40,43-44H,3-4,6,8-10,12,15,19,21,23-38H2,1-2H3,(H,47,48)/b7-5-,13-11-,16-14-,18-17-,22-20-. The largest absolute Gasteiger partial charge is 0.472 e. The summed E-state index contributed by atoms with van der Waals surface area (Å²) in [6, 6.07) is 0. The number of rotatable bonds is 37. The lowest BCUT2D eigenvalue weighted by Gasteiger charge is -2.20. The van der Waals surface area contributed by atoms with Crippen LogP contribution in [0.2, 0.25) is 0 Å². The van der Waals surface area contributed by atoms with Gasteiger partial charge in [0.1, 0.15) is 12.2 Å². The average Bonchev–Trinajstić information content (AvgIpc) is 3.14. The van der Waals surface area contributed by atoms with Crippen LogP contribution >= 0.6 is 7.82 Å². The Balaban J connectivity index is 4.02. The highest BCUT2D eigenvalue weighted by Gasteiger charge is 2.27. The zero-order valence-electron chi connectivity index (χ0n) is 33.0. The number of carbonyl (C=O) groups is 2. The first kappa shape index (κ1) is 50.7. The van der Waals surface area contributed by atoms with Gasteiger partial charge in [-0.25, -0.2) is 4.57 Å². The number of phosphoric ester groups is 1. The number of allylic oxidation sites excluding steroid dienone is 10. The number of ether oxygens (including phenoxy) is 2. The van der Waals surface area contributed by atoms with Crippen molar-refractivity contribution in [3.8, 4) is 0 Å². The van der Waals surface area contributed by atoms with Gasteiger partial charge in [-0.05, 0) is 77.0 Å². The quantitative estimate of drug-likeness (QED) is 0.0241. The van der Waals surface area contributed by atoms with E-state index in [0.717, 1.165) is 89.9 Å². The summed E-state index contributed by atoms with van der Waals surface area (Å²) in [6.45, 7) is 2.02. The van der Waals surface area contributed by atoms with Crippen molar-refractivity contribution < 1.29 is 47.8 Å². The molecule has 0 bridgehead atoms. The number of aliphatic hydroxyl groups excluding tert-OH is 2. The Morgan fingerprint density at radius 1 is 0.528 bits per heavy atom. The van der Waals surface area contributed by atoms with Gasteiger partial charge >= 0.3 is 19.8 Å². The van der Waals surface area contributed by atoms with E-state index in [0.29, 0.717) is 12.8 Å². The smallest absolute Gasteiger partial charge is 0.457 e. The molecule has 0 fully saturated rings. The van der Waals surface area contributed by atoms with E-state index >= 15 is 0 Å². The molecule has 0 aromatic rings. The minimum Gasteiger partial charge on any atom is -0.457 e. The van der Waals surface area contributed by atoms with Crippen molar-refractivity contribution in [1.29, 1.82) is 0 Å². The summed E-state index contributed by atoms with van der Waals surface area (Å²) < 4.78 is 32.5. The molecule has 53 heavy (non-hydrogen) atoms. The van der Waals surface area contributed by atoms with Gasteiger partial charge in [0.05, 0.1) is 26.4 Å². The second kappa shape index (κ2) is 38.0. The maximum atomic E-state index is 12.3. The van der Waals surface area contributed by atoms with Gasteiger partial charge in [-0.1, -0.05) is 126 Å². The third-order valence-electron chi connectivity index (χ3n) is 8.21. The van der Waals surface area contributed by atoms with Crippen molar-refractivity contribution >= 4 is 19.8 Å². The first-order chi connectivity index (χ1) is 25.8. The lowest BCUT2D eigenvalue weighted by atomic mass is 10.1. The molecular weight excluding hydrogens is 695 g/mol. The number of carbonyl (C=O) groups excluding carboxylic acids is 2. The topological polar surface area (TPSA) is 149 Å². The van der Waals surface area contributed by atoms with Gasteiger partial charge < -0.3 is 24.6 Å². The summed E-state index contributed by atoms with van der Waals surface area (Å²) >= 11 is 0. The summed E-state index contributed by atoms with van der Waals surface area (Å²) in [5, 5.41) is 19.1. The Bertz CT molecular complexity index is 1070. The van der Waals surface area contributed by atoms with Crippen LogP contribution in [0.1, 0.15) is 155 Å². The summed E-state index contributed by atoms with van der Waals surface area (Å²) in [4.78, 5) is 34.4. The Morgan fingerprint density at radius 2 is 0.887 bits per heavy atom. The summed E-state index contributed by atoms with van der Waals surface area (Å²) in [7, 11) is -4.64. The molecule has 0 aromatic carbocycles. The number of phosphoric acid groups is 1. The van der Waals surface area contributed by atoms with E-state index in [-0.39, 0.29) is 12.8 Å². The van der Waals surface area contributed by atoms with Gasteiger partial charge in [0.25, 0.3) is 0 Å². The fourth-order valence-electron chi connectivity index (χ4n) is 5.10. The van der Waals surface area contributed by atoms with E-state index in [1.165, 1.54) is 25.7 Å². The zero-order valence-corrected chi connectivity index (χ0v) is 33.9. The highest BCUT2D eigenvalue weighted by atomic mass is 31.2. The van der Waals surface area contributed by atoms with Crippen LogP contribution < -0.4 is 0 Å². The monoisotopic (exact) mass is 768 g/mol. The third kappa shape index (κ3) is 36.4. The fourth-order valence-corrected chi connectivity index (χ4v) is 5.88. The highest BCUT2D eigenvalue weighted by molar-refractivity contribution is 7.47. The van der Waals surface area contributed by atoms with Gasteiger partial charge in [-0.2, -0.15) is 0 Å². The molecule has 3 unspecified atom stereocenters. The summed E-state index contributed by atoms with van der Waals surface area (Å²) in [5.41, 5.74) is 0. The van der Waals surface area contributed by atoms with E-state index in [9.17, 15) is 29.3 Å². The molecule has 0 heterocycles. The van der Waals surface area contributed by atoms with Gasteiger partial charge in [-0.3, -0.25) is 18.6 Å². The summed E-state index contributed by atoms with van der Waals surface area (Å²) in [5.74, 6) is -1.06. The second-order valence-electron chi connectivity index (χ2n) is 13.2. The van der Waals surface area contributed by atoms with E-state index in [4.69, 9.17) is 18.5 Å². The molecule has 0 aliphatic rings. The predicted octanol–water partition coefficient (Wildman–Crippen LogP) is 10.3. The van der Waals surface area contributed by atoms with E-state index < -0.39 is 58.4 Å². The van der Waals surface area contributed by atoms with Crippen molar-refractivity contribution in [3.05, 3.63) is 60.8 Å². The molecule has 10 nitrogen and oxygen atoms in total. The lowest BCUT2D eigenvalue weighted by Crippen LogP contribution is -2.28. The third-order valence-corrected chi connectivity index (χ3v) is 9.16. The molecule has 0 radical (unpaired) electrons. The average molecular weight is 769 g/mol. The predicted molar refractivity (Wildman–Crippen MR) is 214 cm³/mol. The molecule has 3 atom stereocenters. The van der Waals surface area contributed by atoms with Gasteiger partial charge in [-0.15, -0.1) is 0 Å². The SMILES string of the molecule is CC/C=C\C/C=C\C/C=C\C/C=C\CCCCCCC(=O)OC(CO)COP(=O)(O)OCC(CO)OC(=O)CCCCCCC/C=C\CCCCCC. The molecule has 0 spiro atoms. The highest BCUT2D eigenvalue weighted by Crippen LogP contribution is 2.43. The Morgan fingerprint density at radius 3 is 1.30 bits per heavy atom. The number of aliphatic hydroxyl groups is 2. The van der Waals surface area contributed by atoms with Crippen LogP contribution in [0.4, 0.5) is 0 Å². The molecule has 11 heteroatoms. The van der Waals surface area contributed by atoms with Crippen molar-refractivity contribution in [2.75, 3.05) is 26.4 Å². The van der Waals surface area contributed by atoms with E-state index in [1.54, 1.807) is 0 Å². The van der Waals surface area contributed by atoms with Crippen molar-refractivity contribution in [3.63, 3.8) is 0 Å². The molecule has 306 valence electrons. The first-order valence-electron chi connectivity index (χ1n) is 20.2. The molecule has 3 N–H and O–H groups in total. The van der Waals surface area contributed by atoms with Gasteiger partial charge in [0.2, 0.25) is 0 Å². The van der Waals surface area contributed by atoms with Crippen LogP contribution in [0, 0.1) is 0 Å². The van der Waals surface area contributed by atoms with Crippen LogP contribution in [0.25, 0.3) is 0 Å². The number of esters is 2. The van der Waals surface area contributed by atoms with Gasteiger partial charge in [0.15, 0.2) is 0 Å². The lowest BCUT2D eigenvalue weighted by molar-refractivity contribution is -0.153. The molecular formula is C42H73O10P. The van der Waals surface area contributed by atoms with Crippen LogP contribution in [-0.2, 0) is 32.7 Å². The molecule has 0 rings (SSSR count). The van der Waals surface area contributed by atoms with E-state index in [1.807, 2.05) is 0 Å². The molecule has 0 aliphatic heterocycles. The minimum atomic E-state index is -4.64. The van der Waals surface area contributed by atoms with Crippen LogP contribution in [-0.4, -0.2) is 65.7 Å². The first-order valence-corrected chi connectivity index (χ1v) is 21.7. The summed E-state index contributed by atoms with van der Waals surface area (Å²) in [6.07, 6.45) is 40.5. The maximum absolute atomic E-state index is 12.3. The van der Waals surface area contributed by atoms with Crippen LogP contribution in [0.3, 0.4) is 0 Å². The van der Waals surface area contributed by atoms with Gasteiger partial charge in [0, 0.05) is 12.8 Å². The number of hydrogen-bond acceptors (Lipinski definition) is 9.